The highest BCUT2D eigenvalue weighted by Gasteiger charge is 2.73. The fourth-order valence-electron chi connectivity index (χ4n) is 18.4. The number of rotatable bonds is 75. The maximum Gasteiger partial charge on any atom is 0.0247 e. The van der Waals surface area contributed by atoms with Crippen LogP contribution < -0.4 is 0 Å². The van der Waals surface area contributed by atoms with Gasteiger partial charge >= 0.3 is 0 Å². The standard InChI is InChI=1S/C106H186/c1-17-31-43-55-61-63-66-76-88-100(87-75-65-62-56-44-32-18-2)106(101(15,16)89-29-13,98-85-73-64-57-45-33-19-3)105(96-83-71-59-47-35-21-5,97-84-72-60-48-36-22-6)104(94-81-69-51-39-25-9,95-82-70-58-46-34-20-4)103(92-79-67-49-37-23-7,93-80-68-50-38-24-8)102(90-77-53-41-27-11,91-78-54-42-28-12)99(30-14)86-74-52-40-26-10/h29,41,51,53-54,59,61,63,65,67,69,71-72,74-75,78-80,82,84-86,88-89,93,95,98-99H,17-28,30-40,42-50,52,55-58,60,62,64,66,68,70,73,76-77,81,83,87,90-92,94,96-97H2,1-16H3. The third kappa shape index (κ3) is 39.0. The highest BCUT2D eigenvalue weighted by Crippen LogP contribution is 2.79. The summed E-state index contributed by atoms with van der Waals surface area (Å²) in [5.74, 6) is 0.311. The molecule has 6 atom stereocenters. The molecule has 0 aliphatic rings. The third-order valence-electron chi connectivity index (χ3n) is 24.2. The number of unbranched alkanes of at least 4 members (excludes halogenated alkanes) is 31. The van der Waals surface area contributed by atoms with Crippen LogP contribution in [0.25, 0.3) is 0 Å². The van der Waals surface area contributed by atoms with E-state index in [2.05, 4.69) is 275 Å². The highest BCUT2D eigenvalue weighted by atomic mass is 14.8. The quantitative estimate of drug-likeness (QED) is 0.0421. The van der Waals surface area contributed by atoms with Crippen LogP contribution in [0.3, 0.4) is 0 Å². The van der Waals surface area contributed by atoms with Crippen LogP contribution in [0.2, 0.25) is 0 Å². The zero-order valence-electron chi connectivity index (χ0n) is 74.6. The van der Waals surface area contributed by atoms with Gasteiger partial charge < -0.3 is 0 Å². The van der Waals surface area contributed by atoms with Crippen molar-refractivity contribution in [2.75, 3.05) is 0 Å². The van der Waals surface area contributed by atoms with E-state index in [1.807, 2.05) is 0 Å². The Morgan fingerprint density at radius 2 is 0.651 bits per heavy atom. The SMILES string of the molecule is CC=CC(C)(C)C(C=CCCCCCCC)(C(=CCCC=CCCCCC)CC=CCCCCCC)C(CC=CCCCCC)(CCC=CCCCC)C(C=CCCCCCC)(CCC=CCCC)C(C=CCCCCC)(CC=CCCCC)C(CC=CCCC)(CCC=CCC)C(C=CCCCC)CC. The maximum absolute atomic E-state index is 3.19. The average Bonchev–Trinajstić information content (AvgIpc) is 0.665. The van der Waals surface area contributed by atoms with Crippen molar-refractivity contribution in [1.29, 1.82) is 0 Å². The second-order valence-electron chi connectivity index (χ2n) is 33.2. The summed E-state index contributed by atoms with van der Waals surface area (Å²) in [6, 6.07) is 0. The lowest BCUT2D eigenvalue weighted by Gasteiger charge is -2.73. The van der Waals surface area contributed by atoms with E-state index in [1.54, 1.807) is 5.57 Å². The highest BCUT2D eigenvalue weighted by molar-refractivity contribution is 5.43. The van der Waals surface area contributed by atoms with Gasteiger partial charge in [0, 0.05) is 16.2 Å². The Kier molecular flexibility index (Phi) is 68.1. The smallest absolute Gasteiger partial charge is 0.0247 e. The van der Waals surface area contributed by atoms with Crippen LogP contribution in [0.4, 0.5) is 0 Å². The summed E-state index contributed by atoms with van der Waals surface area (Å²) in [5.41, 5.74) is -0.732. The van der Waals surface area contributed by atoms with E-state index in [1.165, 1.54) is 193 Å². The van der Waals surface area contributed by atoms with Gasteiger partial charge in [0.15, 0.2) is 0 Å². The number of hydrogen-bond donors (Lipinski definition) is 0. The van der Waals surface area contributed by atoms with Crippen LogP contribution >= 0.6 is 0 Å². The summed E-state index contributed by atoms with van der Waals surface area (Å²) < 4.78 is 0. The largest absolute Gasteiger partial charge is 0.0911 e. The van der Waals surface area contributed by atoms with Crippen LogP contribution in [0.15, 0.2) is 170 Å². The van der Waals surface area contributed by atoms with Crippen molar-refractivity contribution in [3.05, 3.63) is 170 Å². The minimum absolute atomic E-state index is 0.236. The first-order chi connectivity index (χ1) is 51.9. The minimum atomic E-state index is -0.504. The summed E-state index contributed by atoms with van der Waals surface area (Å²) in [4.78, 5) is 0. The van der Waals surface area contributed by atoms with Crippen molar-refractivity contribution in [2.24, 2.45) is 38.4 Å². The molecule has 0 spiro atoms. The predicted molar refractivity (Wildman–Crippen MR) is 490 cm³/mol. The van der Waals surface area contributed by atoms with E-state index >= 15 is 0 Å². The Labute approximate surface area is 667 Å². The Morgan fingerprint density at radius 1 is 0.274 bits per heavy atom. The van der Waals surface area contributed by atoms with Gasteiger partial charge in [-0.15, -0.1) is 0 Å². The molecule has 0 aliphatic carbocycles. The molecule has 0 aliphatic heterocycles. The van der Waals surface area contributed by atoms with Crippen molar-refractivity contribution < 1.29 is 0 Å². The predicted octanol–water partition coefficient (Wildman–Crippen LogP) is 37.5. The summed E-state index contributed by atoms with van der Waals surface area (Å²) in [6.07, 6.45) is 140. The van der Waals surface area contributed by atoms with Gasteiger partial charge in [-0.05, 0) is 228 Å². The number of hydrogen-bond acceptors (Lipinski definition) is 0. The lowest BCUT2D eigenvalue weighted by atomic mass is 9.30. The van der Waals surface area contributed by atoms with Crippen LogP contribution in [-0.4, -0.2) is 0 Å². The molecule has 610 valence electrons. The molecular weight excluding hydrogens is 1270 g/mol. The molecule has 0 nitrogen and oxygen atoms in total. The van der Waals surface area contributed by atoms with Crippen LogP contribution in [0.5, 0.6) is 0 Å². The fourth-order valence-corrected chi connectivity index (χ4v) is 18.4. The monoisotopic (exact) mass is 1460 g/mol. The van der Waals surface area contributed by atoms with Gasteiger partial charge in [-0.3, -0.25) is 0 Å². The van der Waals surface area contributed by atoms with Crippen molar-refractivity contribution >= 4 is 0 Å². The lowest BCUT2D eigenvalue weighted by Crippen LogP contribution is -2.67. The average molecular weight is 1460 g/mol. The molecule has 0 aromatic rings. The molecule has 0 aromatic carbocycles. The Bertz CT molecular complexity index is 2400. The van der Waals surface area contributed by atoms with Gasteiger partial charge in [-0.25, -0.2) is 0 Å². The van der Waals surface area contributed by atoms with Gasteiger partial charge in [0.1, 0.15) is 0 Å². The van der Waals surface area contributed by atoms with Gasteiger partial charge in [0.05, 0.1) is 0 Å². The molecule has 0 N–H and O–H groups in total. The minimum Gasteiger partial charge on any atom is -0.0911 e. The molecule has 0 heteroatoms. The van der Waals surface area contributed by atoms with Gasteiger partial charge in [0.2, 0.25) is 0 Å². The zero-order chi connectivity index (χ0) is 78.1. The second-order valence-corrected chi connectivity index (χ2v) is 33.2. The topological polar surface area (TPSA) is 0 Å². The van der Waals surface area contributed by atoms with E-state index < -0.39 is 21.7 Å². The first-order valence-corrected chi connectivity index (χ1v) is 47.1. The molecule has 0 saturated heterocycles. The van der Waals surface area contributed by atoms with Gasteiger partial charge in [0.25, 0.3) is 0 Å². The zero-order valence-corrected chi connectivity index (χ0v) is 74.6. The van der Waals surface area contributed by atoms with Gasteiger partial charge in [-0.2, -0.15) is 0 Å². The molecule has 106 heavy (non-hydrogen) atoms. The first kappa shape index (κ1) is 102. The molecule has 0 saturated carbocycles. The van der Waals surface area contributed by atoms with Crippen LogP contribution in [0.1, 0.15) is 464 Å². The molecule has 0 rings (SSSR count). The van der Waals surface area contributed by atoms with Crippen molar-refractivity contribution in [1.82, 2.24) is 0 Å². The van der Waals surface area contributed by atoms with E-state index in [9.17, 15) is 0 Å². The maximum atomic E-state index is 3.19. The van der Waals surface area contributed by atoms with Gasteiger partial charge in [-0.1, -0.05) is 428 Å². The fraction of sp³-hybridized carbons (Fsp3) is 0.736. The van der Waals surface area contributed by atoms with Crippen LogP contribution in [-0.2, 0) is 0 Å². The van der Waals surface area contributed by atoms with E-state index in [0.29, 0.717) is 5.92 Å². The second kappa shape index (κ2) is 70.5. The molecule has 0 amide bonds. The summed E-state index contributed by atoms with van der Waals surface area (Å²) >= 11 is 0. The first-order valence-electron chi connectivity index (χ1n) is 47.1. The van der Waals surface area contributed by atoms with E-state index in [-0.39, 0.29) is 10.8 Å². The third-order valence-corrected chi connectivity index (χ3v) is 24.2. The summed E-state index contributed by atoms with van der Waals surface area (Å²) in [7, 11) is 0. The molecule has 6 unspecified atom stereocenters. The Hall–Kier alpha value is -3.64. The molecule has 0 heterocycles. The van der Waals surface area contributed by atoms with Crippen molar-refractivity contribution in [2.45, 2.75) is 464 Å². The van der Waals surface area contributed by atoms with Crippen molar-refractivity contribution in [3.63, 3.8) is 0 Å². The Balaban J connectivity index is 12.8. The van der Waals surface area contributed by atoms with E-state index in [0.717, 1.165) is 161 Å². The lowest BCUT2D eigenvalue weighted by molar-refractivity contribution is -0.177. The molecule has 0 radical (unpaired) electrons. The van der Waals surface area contributed by atoms with Crippen LogP contribution in [0, 0.1) is 38.4 Å². The number of allylic oxidation sites excluding steroid dienone is 28. The molecule has 0 bridgehead atoms. The molecule has 0 aromatic heterocycles. The molecular formula is C106H186. The Morgan fingerprint density at radius 3 is 1.17 bits per heavy atom. The normalized spacial score (nSPS) is 16.6. The van der Waals surface area contributed by atoms with Crippen molar-refractivity contribution in [3.8, 4) is 0 Å². The summed E-state index contributed by atoms with van der Waals surface area (Å²) in [5, 5.41) is 0. The molecule has 0 fully saturated rings. The summed E-state index contributed by atoms with van der Waals surface area (Å²) in [6.45, 7) is 39.4. The van der Waals surface area contributed by atoms with E-state index in [4.69, 9.17) is 0 Å².